The summed E-state index contributed by atoms with van der Waals surface area (Å²) in [6.45, 7) is 5.07. The number of rotatable bonds is 8. The van der Waals surface area contributed by atoms with Crippen molar-refractivity contribution in [1.82, 2.24) is 9.88 Å². The van der Waals surface area contributed by atoms with Gasteiger partial charge in [-0.3, -0.25) is 9.36 Å². The standard InChI is InChI=1S/C28H31F3N2O7/c1-26(2,3)40-25(36)33-16-17(22-20(33)13-10-14-21(22)37-4)15-19(23(34)38-5)32-24(35)27(39-6,28(29,30)31)18-11-8-7-9-12-18/h7-14,16,19H,15H2,1-6H3,(H,32,35). The highest BCUT2D eigenvalue weighted by Gasteiger charge is 2.63. The van der Waals surface area contributed by atoms with Crippen molar-refractivity contribution in [1.29, 1.82) is 0 Å². The molecule has 2 atom stereocenters. The molecule has 0 aliphatic heterocycles. The van der Waals surface area contributed by atoms with Crippen molar-refractivity contribution in [3.63, 3.8) is 0 Å². The van der Waals surface area contributed by atoms with E-state index in [2.05, 4.69) is 5.32 Å². The van der Waals surface area contributed by atoms with Gasteiger partial charge < -0.3 is 24.3 Å². The predicted octanol–water partition coefficient (Wildman–Crippen LogP) is 4.74. The molecule has 0 saturated heterocycles. The van der Waals surface area contributed by atoms with Crippen LogP contribution in [0.2, 0.25) is 0 Å². The molecule has 1 amide bonds. The van der Waals surface area contributed by atoms with Crippen molar-refractivity contribution < 1.29 is 46.5 Å². The molecule has 3 aromatic rings. The van der Waals surface area contributed by atoms with E-state index in [4.69, 9.17) is 18.9 Å². The van der Waals surface area contributed by atoms with Crippen LogP contribution >= 0.6 is 0 Å². The SMILES string of the molecule is COC(=O)C(Cc1cn(C(=O)OC(C)(C)C)c2cccc(OC)c12)NC(=O)C(OC)(c1ccccc1)C(F)(F)F. The first-order valence-electron chi connectivity index (χ1n) is 12.2. The number of fused-ring (bicyclic) bond motifs is 1. The average Bonchev–Trinajstić information content (AvgIpc) is 3.26. The number of nitrogens with zero attached hydrogens (tertiary/aromatic N) is 1. The van der Waals surface area contributed by atoms with Gasteiger partial charge in [0, 0.05) is 30.7 Å². The Labute approximate surface area is 229 Å². The van der Waals surface area contributed by atoms with E-state index in [0.717, 1.165) is 26.4 Å². The maximum Gasteiger partial charge on any atom is 0.430 e. The number of alkyl halides is 3. The summed E-state index contributed by atoms with van der Waals surface area (Å²) in [6.07, 6.45) is -4.88. The number of carbonyl (C=O) groups is 3. The normalized spacial score (nSPS) is 14.2. The van der Waals surface area contributed by atoms with Gasteiger partial charge in [-0.1, -0.05) is 36.4 Å². The fraction of sp³-hybridized carbons (Fsp3) is 0.393. The molecule has 0 bridgehead atoms. The van der Waals surface area contributed by atoms with Crippen LogP contribution in [-0.4, -0.2) is 61.7 Å². The van der Waals surface area contributed by atoms with Crippen molar-refractivity contribution in [2.45, 2.75) is 50.6 Å². The van der Waals surface area contributed by atoms with E-state index in [-0.39, 0.29) is 6.42 Å². The van der Waals surface area contributed by atoms with Gasteiger partial charge in [0.15, 0.2) is 0 Å². The molecule has 0 spiro atoms. The summed E-state index contributed by atoms with van der Waals surface area (Å²) in [6, 6.07) is 9.63. The summed E-state index contributed by atoms with van der Waals surface area (Å²) in [5.41, 5.74) is -4.04. The molecule has 9 nitrogen and oxygen atoms in total. The number of benzene rings is 2. The molecular formula is C28H31F3N2O7. The minimum absolute atomic E-state index is 0.309. The van der Waals surface area contributed by atoms with Crippen LogP contribution in [0.5, 0.6) is 5.75 Å². The number of ether oxygens (including phenoxy) is 4. The van der Waals surface area contributed by atoms with Crippen LogP contribution in [0.1, 0.15) is 31.9 Å². The highest BCUT2D eigenvalue weighted by Crippen LogP contribution is 2.42. The zero-order valence-corrected chi connectivity index (χ0v) is 22.9. The van der Waals surface area contributed by atoms with Crippen molar-refractivity contribution in [3.05, 3.63) is 65.9 Å². The number of methoxy groups -OCH3 is 3. The third-order valence-electron chi connectivity index (χ3n) is 6.10. The number of nitrogens with one attached hydrogen (secondary N) is 1. The molecule has 3 rings (SSSR count). The Morgan fingerprint density at radius 2 is 1.60 bits per heavy atom. The van der Waals surface area contributed by atoms with E-state index in [1.54, 1.807) is 39.0 Å². The van der Waals surface area contributed by atoms with Crippen LogP contribution in [0.4, 0.5) is 18.0 Å². The number of halogens is 3. The van der Waals surface area contributed by atoms with Crippen LogP contribution in [0.3, 0.4) is 0 Å². The predicted molar refractivity (Wildman–Crippen MR) is 139 cm³/mol. The number of hydrogen-bond donors (Lipinski definition) is 1. The molecule has 0 aliphatic carbocycles. The second-order valence-corrected chi connectivity index (χ2v) is 9.86. The van der Waals surface area contributed by atoms with Crippen molar-refractivity contribution >= 4 is 28.9 Å². The highest BCUT2D eigenvalue weighted by atomic mass is 19.4. The summed E-state index contributed by atoms with van der Waals surface area (Å²) in [5.74, 6) is -2.30. The van der Waals surface area contributed by atoms with E-state index in [1.165, 1.54) is 36.1 Å². The fourth-order valence-corrected chi connectivity index (χ4v) is 4.36. The van der Waals surface area contributed by atoms with Crippen LogP contribution in [0, 0.1) is 0 Å². The van der Waals surface area contributed by atoms with Crippen molar-refractivity contribution in [2.24, 2.45) is 0 Å². The Morgan fingerprint density at radius 1 is 0.950 bits per heavy atom. The van der Waals surface area contributed by atoms with Crippen molar-refractivity contribution in [2.75, 3.05) is 21.3 Å². The Hall–Kier alpha value is -4.06. The van der Waals surface area contributed by atoms with Gasteiger partial charge in [0.25, 0.3) is 11.5 Å². The number of aromatic nitrogens is 1. The number of esters is 1. The third-order valence-corrected chi connectivity index (χ3v) is 6.10. The molecule has 1 aromatic heterocycles. The first-order valence-corrected chi connectivity index (χ1v) is 12.2. The maximum absolute atomic E-state index is 14.4. The highest BCUT2D eigenvalue weighted by molar-refractivity contribution is 5.97. The van der Waals surface area contributed by atoms with E-state index < -0.39 is 47.0 Å². The molecule has 40 heavy (non-hydrogen) atoms. The smallest absolute Gasteiger partial charge is 0.430 e. The minimum Gasteiger partial charge on any atom is -0.496 e. The Balaban J connectivity index is 2.10. The monoisotopic (exact) mass is 564 g/mol. The van der Waals surface area contributed by atoms with Gasteiger partial charge in [-0.25, -0.2) is 9.59 Å². The number of amides is 1. The fourth-order valence-electron chi connectivity index (χ4n) is 4.36. The summed E-state index contributed by atoms with van der Waals surface area (Å²) in [4.78, 5) is 39.1. The first kappa shape index (κ1) is 30.5. The lowest BCUT2D eigenvalue weighted by Gasteiger charge is -2.34. The minimum atomic E-state index is -5.19. The van der Waals surface area contributed by atoms with Crippen LogP contribution in [-0.2, 0) is 35.8 Å². The maximum atomic E-state index is 14.4. The van der Waals surface area contributed by atoms with Gasteiger partial charge >= 0.3 is 18.2 Å². The lowest BCUT2D eigenvalue weighted by Crippen LogP contribution is -2.59. The van der Waals surface area contributed by atoms with Crippen LogP contribution in [0.25, 0.3) is 10.9 Å². The Morgan fingerprint density at radius 3 is 2.12 bits per heavy atom. The van der Waals surface area contributed by atoms with Crippen molar-refractivity contribution in [3.8, 4) is 5.75 Å². The molecule has 216 valence electrons. The van der Waals surface area contributed by atoms with Gasteiger partial charge in [-0.05, 0) is 38.5 Å². The second-order valence-electron chi connectivity index (χ2n) is 9.86. The van der Waals surface area contributed by atoms with Gasteiger partial charge in [-0.15, -0.1) is 0 Å². The third kappa shape index (κ3) is 5.91. The van der Waals surface area contributed by atoms with Crippen LogP contribution in [0.15, 0.2) is 54.7 Å². The molecular weight excluding hydrogens is 533 g/mol. The lowest BCUT2D eigenvalue weighted by molar-refractivity contribution is -0.266. The molecule has 0 radical (unpaired) electrons. The summed E-state index contributed by atoms with van der Waals surface area (Å²) in [7, 11) is 3.20. The lowest BCUT2D eigenvalue weighted by atomic mass is 9.91. The van der Waals surface area contributed by atoms with Gasteiger partial charge in [0.1, 0.15) is 17.4 Å². The molecule has 12 heteroatoms. The number of hydrogen-bond acceptors (Lipinski definition) is 7. The van der Waals surface area contributed by atoms with Gasteiger partial charge in [-0.2, -0.15) is 13.2 Å². The Bertz CT molecular complexity index is 1380. The molecule has 0 saturated carbocycles. The molecule has 2 aromatic carbocycles. The zero-order chi connectivity index (χ0) is 29.9. The summed E-state index contributed by atoms with van der Waals surface area (Å²) >= 11 is 0. The van der Waals surface area contributed by atoms with E-state index in [0.29, 0.717) is 22.2 Å². The quantitative estimate of drug-likeness (QED) is 0.394. The zero-order valence-electron chi connectivity index (χ0n) is 22.9. The molecule has 2 unspecified atom stereocenters. The summed E-state index contributed by atoms with van der Waals surface area (Å²) < 4.78 is 65.1. The topological polar surface area (TPSA) is 105 Å². The largest absolute Gasteiger partial charge is 0.496 e. The molecule has 0 aliphatic rings. The summed E-state index contributed by atoms with van der Waals surface area (Å²) in [5, 5.41) is 2.57. The first-order chi connectivity index (χ1) is 18.7. The second kappa shape index (κ2) is 11.6. The van der Waals surface area contributed by atoms with E-state index >= 15 is 0 Å². The number of carbonyl (C=O) groups excluding carboxylic acids is 3. The molecule has 0 fully saturated rings. The molecule has 1 N–H and O–H groups in total. The van der Waals surface area contributed by atoms with Gasteiger partial charge in [0.2, 0.25) is 0 Å². The van der Waals surface area contributed by atoms with Gasteiger partial charge in [0.05, 0.1) is 19.7 Å². The van der Waals surface area contributed by atoms with E-state index in [9.17, 15) is 27.6 Å². The molecule has 1 heterocycles. The van der Waals surface area contributed by atoms with Crippen LogP contribution < -0.4 is 10.1 Å². The Kier molecular flexibility index (Phi) is 8.83. The average molecular weight is 565 g/mol. The van der Waals surface area contributed by atoms with E-state index in [1.807, 2.05) is 0 Å².